The van der Waals surface area contributed by atoms with Gasteiger partial charge in [-0.2, -0.15) is 0 Å². The molecule has 0 spiro atoms. The third-order valence-electron chi connectivity index (χ3n) is 5.04. The lowest BCUT2D eigenvalue weighted by Gasteiger charge is -2.34. The molecule has 1 aliphatic carbocycles. The van der Waals surface area contributed by atoms with Crippen molar-refractivity contribution < 1.29 is 14.0 Å². The van der Waals surface area contributed by atoms with E-state index in [1.807, 2.05) is 4.90 Å². The molecule has 0 aromatic carbocycles. The van der Waals surface area contributed by atoms with E-state index in [0.29, 0.717) is 31.9 Å². The summed E-state index contributed by atoms with van der Waals surface area (Å²) >= 11 is 1.67. The number of hydrogen-bond acceptors (Lipinski definition) is 4. The molecule has 5 nitrogen and oxygen atoms in total. The minimum atomic E-state index is -0.0973. The van der Waals surface area contributed by atoms with Crippen LogP contribution in [0.1, 0.15) is 49.9 Å². The number of carbonyl (C=O) groups is 2. The van der Waals surface area contributed by atoms with Crippen molar-refractivity contribution in [1.29, 1.82) is 0 Å². The third kappa shape index (κ3) is 3.35. The lowest BCUT2D eigenvalue weighted by atomic mass is 10.1. The molecule has 0 atom stereocenters. The number of hydrogen-bond donors (Lipinski definition) is 0. The highest BCUT2D eigenvalue weighted by Crippen LogP contribution is 2.30. The number of carbonyl (C=O) groups excluding carboxylic acids is 2. The van der Waals surface area contributed by atoms with Crippen LogP contribution in [0.25, 0.3) is 0 Å². The monoisotopic (exact) mass is 358 g/mol. The fourth-order valence-corrected chi connectivity index (χ4v) is 4.82. The zero-order valence-corrected chi connectivity index (χ0v) is 15.0. The summed E-state index contributed by atoms with van der Waals surface area (Å²) in [6, 6.07) is 5.50. The van der Waals surface area contributed by atoms with Gasteiger partial charge in [-0.05, 0) is 49.4 Å². The quantitative estimate of drug-likeness (QED) is 0.775. The van der Waals surface area contributed by atoms with E-state index in [0.717, 1.165) is 17.7 Å². The Labute approximate surface area is 151 Å². The second kappa shape index (κ2) is 7.04. The molecule has 2 aromatic rings. The van der Waals surface area contributed by atoms with Crippen molar-refractivity contribution in [2.45, 2.75) is 32.1 Å². The molecule has 2 aliphatic rings. The normalized spacial score (nSPS) is 17.9. The van der Waals surface area contributed by atoms with Crippen LogP contribution in [0.5, 0.6) is 0 Å². The number of fused-ring (bicyclic) bond motifs is 1. The first-order valence-electron chi connectivity index (χ1n) is 8.96. The number of rotatable bonds is 2. The van der Waals surface area contributed by atoms with E-state index in [1.54, 1.807) is 28.4 Å². The van der Waals surface area contributed by atoms with Gasteiger partial charge in [-0.15, -0.1) is 11.3 Å². The predicted molar refractivity (Wildman–Crippen MR) is 96.1 cm³/mol. The minimum absolute atomic E-state index is 0.0973. The summed E-state index contributed by atoms with van der Waals surface area (Å²) in [6.45, 7) is 2.26. The topological polar surface area (TPSA) is 53.8 Å². The van der Waals surface area contributed by atoms with Crippen molar-refractivity contribution in [1.82, 2.24) is 9.80 Å². The fraction of sp³-hybridized carbons (Fsp3) is 0.474. The van der Waals surface area contributed by atoms with Gasteiger partial charge in [0.15, 0.2) is 5.76 Å². The van der Waals surface area contributed by atoms with Gasteiger partial charge in [0.05, 0.1) is 11.1 Å². The SMILES string of the molecule is O=C(c1ccco1)N1CCN(C(=O)c2cc3c(s2)CCCCC3)CC1. The maximum absolute atomic E-state index is 12.8. The van der Waals surface area contributed by atoms with Crippen LogP contribution < -0.4 is 0 Å². The molecular formula is C19H22N2O3S. The average Bonchev–Trinajstić information content (AvgIpc) is 3.27. The summed E-state index contributed by atoms with van der Waals surface area (Å²) in [4.78, 5) is 31.0. The van der Waals surface area contributed by atoms with E-state index in [2.05, 4.69) is 6.07 Å². The summed E-state index contributed by atoms with van der Waals surface area (Å²) in [5.41, 5.74) is 1.37. The molecule has 0 N–H and O–H groups in total. The summed E-state index contributed by atoms with van der Waals surface area (Å²) in [5, 5.41) is 0. The summed E-state index contributed by atoms with van der Waals surface area (Å²) < 4.78 is 5.18. The Morgan fingerprint density at radius 3 is 2.40 bits per heavy atom. The molecular weight excluding hydrogens is 336 g/mol. The van der Waals surface area contributed by atoms with Crippen LogP contribution in [0.2, 0.25) is 0 Å². The van der Waals surface area contributed by atoms with Gasteiger partial charge in [0.25, 0.3) is 11.8 Å². The van der Waals surface area contributed by atoms with Crippen molar-refractivity contribution in [2.75, 3.05) is 26.2 Å². The molecule has 0 unspecified atom stereocenters. The van der Waals surface area contributed by atoms with Crippen molar-refractivity contribution in [3.05, 3.63) is 45.5 Å². The zero-order valence-electron chi connectivity index (χ0n) is 14.2. The molecule has 1 fully saturated rings. The van der Waals surface area contributed by atoms with E-state index in [4.69, 9.17) is 4.42 Å². The third-order valence-corrected chi connectivity index (χ3v) is 6.27. The Morgan fingerprint density at radius 2 is 1.68 bits per heavy atom. The lowest BCUT2D eigenvalue weighted by molar-refractivity contribution is 0.0520. The van der Waals surface area contributed by atoms with Crippen molar-refractivity contribution >= 4 is 23.2 Å². The van der Waals surface area contributed by atoms with Crippen LogP contribution >= 0.6 is 11.3 Å². The Morgan fingerprint density at radius 1 is 0.960 bits per heavy atom. The van der Waals surface area contributed by atoms with Crippen LogP contribution in [0.3, 0.4) is 0 Å². The van der Waals surface area contributed by atoms with Crippen molar-refractivity contribution in [3.63, 3.8) is 0 Å². The molecule has 3 heterocycles. The van der Waals surface area contributed by atoms with Crippen LogP contribution in [0.15, 0.2) is 28.9 Å². The zero-order chi connectivity index (χ0) is 17.2. The fourth-order valence-electron chi connectivity index (χ4n) is 3.60. The molecule has 6 heteroatoms. The molecule has 132 valence electrons. The number of nitrogens with zero attached hydrogens (tertiary/aromatic N) is 2. The first kappa shape index (κ1) is 16.4. The van der Waals surface area contributed by atoms with Gasteiger partial charge in [-0.25, -0.2) is 0 Å². The van der Waals surface area contributed by atoms with Gasteiger partial charge in [0.1, 0.15) is 0 Å². The second-order valence-corrected chi connectivity index (χ2v) is 7.82. The van der Waals surface area contributed by atoms with E-state index in [9.17, 15) is 9.59 Å². The Balaban J connectivity index is 1.39. The minimum Gasteiger partial charge on any atom is -0.459 e. The predicted octanol–water partition coefficient (Wildman–Crippen LogP) is 3.21. The largest absolute Gasteiger partial charge is 0.459 e. The molecule has 4 rings (SSSR count). The maximum Gasteiger partial charge on any atom is 0.289 e. The van der Waals surface area contributed by atoms with E-state index < -0.39 is 0 Å². The van der Waals surface area contributed by atoms with Gasteiger partial charge in [-0.1, -0.05) is 6.42 Å². The lowest BCUT2D eigenvalue weighted by Crippen LogP contribution is -2.50. The van der Waals surface area contributed by atoms with E-state index >= 15 is 0 Å². The van der Waals surface area contributed by atoms with Crippen molar-refractivity contribution in [2.24, 2.45) is 0 Å². The second-order valence-electron chi connectivity index (χ2n) is 6.68. The Bertz CT molecular complexity index is 734. The summed E-state index contributed by atoms with van der Waals surface area (Å²) in [5.74, 6) is 0.380. The molecule has 2 aromatic heterocycles. The van der Waals surface area contributed by atoms with Crippen molar-refractivity contribution in [3.8, 4) is 0 Å². The molecule has 0 bridgehead atoms. The Kier molecular flexibility index (Phi) is 4.61. The first-order valence-corrected chi connectivity index (χ1v) is 9.77. The van der Waals surface area contributed by atoms with E-state index in [1.165, 1.54) is 36.0 Å². The molecule has 25 heavy (non-hydrogen) atoms. The Hall–Kier alpha value is -2.08. The number of amides is 2. The molecule has 0 radical (unpaired) electrons. The number of thiophene rings is 1. The molecule has 1 saturated heterocycles. The average molecular weight is 358 g/mol. The number of piperazine rings is 1. The van der Waals surface area contributed by atoms with Crippen LogP contribution in [-0.4, -0.2) is 47.8 Å². The van der Waals surface area contributed by atoms with Gasteiger partial charge in [-0.3, -0.25) is 9.59 Å². The highest BCUT2D eigenvalue weighted by molar-refractivity contribution is 7.14. The van der Waals surface area contributed by atoms with Gasteiger partial charge in [0.2, 0.25) is 0 Å². The van der Waals surface area contributed by atoms with Gasteiger partial charge >= 0.3 is 0 Å². The number of furan rings is 1. The summed E-state index contributed by atoms with van der Waals surface area (Å²) in [6.07, 6.45) is 7.47. The van der Waals surface area contributed by atoms with Gasteiger partial charge in [0, 0.05) is 31.1 Å². The molecule has 0 saturated carbocycles. The molecule has 2 amide bonds. The molecule has 1 aliphatic heterocycles. The van der Waals surface area contributed by atoms with Crippen LogP contribution in [-0.2, 0) is 12.8 Å². The van der Waals surface area contributed by atoms with Gasteiger partial charge < -0.3 is 14.2 Å². The highest BCUT2D eigenvalue weighted by Gasteiger charge is 2.28. The standard InChI is InChI=1S/C19H22N2O3S/c22-18(15-6-4-12-24-15)20-8-10-21(11-9-20)19(23)17-13-14-5-2-1-3-7-16(14)25-17/h4,6,12-13H,1-3,5,7-11H2. The smallest absolute Gasteiger partial charge is 0.289 e. The van der Waals surface area contributed by atoms with E-state index in [-0.39, 0.29) is 11.8 Å². The number of aryl methyl sites for hydroxylation is 2. The first-order chi connectivity index (χ1) is 12.2. The van der Waals surface area contributed by atoms with Crippen LogP contribution in [0.4, 0.5) is 0 Å². The van der Waals surface area contributed by atoms with Crippen LogP contribution in [0, 0.1) is 0 Å². The summed E-state index contributed by atoms with van der Waals surface area (Å²) in [7, 11) is 0. The highest BCUT2D eigenvalue weighted by atomic mass is 32.1. The maximum atomic E-state index is 12.8.